The van der Waals surface area contributed by atoms with Crippen molar-refractivity contribution in [2.75, 3.05) is 18.0 Å². The minimum Gasteiger partial charge on any atom is -0.418 e. The summed E-state index contributed by atoms with van der Waals surface area (Å²) in [5.74, 6) is -1.78. The van der Waals surface area contributed by atoms with Gasteiger partial charge in [-0.1, -0.05) is 22.8 Å². The van der Waals surface area contributed by atoms with Crippen LogP contribution in [0.2, 0.25) is 5.02 Å². The number of thiazole rings is 1. The summed E-state index contributed by atoms with van der Waals surface area (Å²) in [7, 11) is 0. The van der Waals surface area contributed by atoms with E-state index in [0.717, 1.165) is 10.7 Å². The van der Waals surface area contributed by atoms with E-state index in [2.05, 4.69) is 15.2 Å². The highest BCUT2D eigenvalue weighted by Crippen LogP contribution is 2.34. The summed E-state index contributed by atoms with van der Waals surface area (Å²) in [6.45, 7) is 1.59. The number of amides is 2. The van der Waals surface area contributed by atoms with Crippen LogP contribution in [-0.4, -0.2) is 61.7 Å². The van der Waals surface area contributed by atoms with E-state index >= 15 is 0 Å². The molecule has 220 valence electrons. The van der Waals surface area contributed by atoms with Gasteiger partial charge in [0.15, 0.2) is 11.4 Å². The first-order chi connectivity index (χ1) is 20.0. The van der Waals surface area contributed by atoms with Gasteiger partial charge < -0.3 is 14.2 Å². The summed E-state index contributed by atoms with van der Waals surface area (Å²) in [6, 6.07) is 6.28. The number of carbonyl (C=O) groups excluding carboxylic acids is 3. The van der Waals surface area contributed by atoms with Crippen molar-refractivity contribution in [2.45, 2.75) is 38.5 Å². The van der Waals surface area contributed by atoms with Gasteiger partial charge in [-0.05, 0) is 38.0 Å². The third kappa shape index (κ3) is 6.16. The molecule has 42 heavy (non-hydrogen) atoms. The van der Waals surface area contributed by atoms with Gasteiger partial charge in [-0.25, -0.2) is 9.78 Å². The Bertz CT molecular complexity index is 1580. The highest BCUT2D eigenvalue weighted by molar-refractivity contribution is 7.07. The molecule has 0 unspecified atom stereocenters. The lowest BCUT2D eigenvalue weighted by molar-refractivity contribution is -0.142. The Morgan fingerprint density at radius 3 is 2.60 bits per heavy atom. The Morgan fingerprint density at radius 2 is 1.98 bits per heavy atom. The summed E-state index contributed by atoms with van der Waals surface area (Å²) in [5, 5.41) is 8.72. The molecule has 1 aliphatic heterocycles. The standard InChI is InChI=1S/C26H22ClF3N6O5S/c1-15-11-20(26(28,29)30)33-35(15)12-22(37)34-9-6-16(7-10-34)36(21-13-42-14-31-21)24(38)17-3-2-4-18(27)23(17)40-25(39)19-5-8-32-41-19/h2-5,8,11,13-14,16H,6-7,9-10,12H2,1H3. The molecule has 5 rings (SSSR count). The average Bonchev–Trinajstić information content (AvgIpc) is 3.74. The summed E-state index contributed by atoms with van der Waals surface area (Å²) >= 11 is 7.61. The van der Waals surface area contributed by atoms with Gasteiger partial charge in [0.05, 0.1) is 22.3 Å². The van der Waals surface area contributed by atoms with Crippen molar-refractivity contribution >= 4 is 46.5 Å². The summed E-state index contributed by atoms with van der Waals surface area (Å²) in [5.41, 5.74) is 0.734. The second-order valence-electron chi connectivity index (χ2n) is 9.34. The van der Waals surface area contributed by atoms with Crippen molar-refractivity contribution in [3.63, 3.8) is 0 Å². The first-order valence-corrected chi connectivity index (χ1v) is 13.9. The zero-order chi connectivity index (χ0) is 30.0. The summed E-state index contributed by atoms with van der Waals surface area (Å²) in [6.07, 6.45) is -2.63. The normalized spacial score (nSPS) is 14.2. The van der Waals surface area contributed by atoms with Gasteiger partial charge in [0.2, 0.25) is 11.7 Å². The van der Waals surface area contributed by atoms with Crippen molar-refractivity contribution in [1.82, 2.24) is 24.8 Å². The summed E-state index contributed by atoms with van der Waals surface area (Å²) in [4.78, 5) is 46.8. The molecule has 16 heteroatoms. The maximum Gasteiger partial charge on any atom is 0.435 e. The molecular weight excluding hydrogens is 601 g/mol. The fraction of sp³-hybridized carbons (Fsp3) is 0.308. The number of anilines is 1. The SMILES string of the molecule is Cc1cc(C(F)(F)F)nn1CC(=O)N1CCC(N(C(=O)c2cccc(Cl)c2OC(=O)c2ccno2)c2cscn2)CC1. The molecule has 1 saturated heterocycles. The molecule has 0 saturated carbocycles. The van der Waals surface area contributed by atoms with Crippen LogP contribution in [0.3, 0.4) is 0 Å². The quantitative estimate of drug-likeness (QED) is 0.211. The molecule has 0 spiro atoms. The zero-order valence-corrected chi connectivity index (χ0v) is 23.4. The molecule has 1 aliphatic rings. The van der Waals surface area contributed by atoms with Crippen molar-refractivity contribution in [3.05, 3.63) is 75.2 Å². The van der Waals surface area contributed by atoms with Gasteiger partial charge in [0, 0.05) is 36.3 Å². The Morgan fingerprint density at radius 1 is 1.21 bits per heavy atom. The fourth-order valence-corrected chi connectivity index (χ4v) is 5.31. The number of halogens is 4. The molecule has 4 aromatic rings. The van der Waals surface area contributed by atoms with E-state index in [-0.39, 0.29) is 47.4 Å². The second kappa shape index (κ2) is 11.9. The average molecular weight is 623 g/mol. The van der Waals surface area contributed by atoms with Gasteiger partial charge in [-0.15, -0.1) is 11.3 Å². The number of aryl methyl sites for hydroxylation is 1. The van der Waals surface area contributed by atoms with Crippen molar-refractivity contribution in [1.29, 1.82) is 0 Å². The van der Waals surface area contributed by atoms with Gasteiger partial charge in [0.25, 0.3) is 5.91 Å². The van der Waals surface area contributed by atoms with E-state index in [9.17, 15) is 27.6 Å². The maximum absolute atomic E-state index is 14.0. The lowest BCUT2D eigenvalue weighted by Gasteiger charge is -2.37. The third-order valence-electron chi connectivity index (χ3n) is 6.66. The van der Waals surface area contributed by atoms with Crippen LogP contribution in [0.5, 0.6) is 5.75 Å². The monoisotopic (exact) mass is 622 g/mol. The van der Waals surface area contributed by atoms with Crippen LogP contribution in [-0.2, 0) is 17.5 Å². The minimum absolute atomic E-state index is 0.0106. The first-order valence-electron chi connectivity index (χ1n) is 12.6. The summed E-state index contributed by atoms with van der Waals surface area (Å²) < 4.78 is 50.4. The predicted octanol–water partition coefficient (Wildman–Crippen LogP) is 4.87. The molecule has 1 aromatic carbocycles. The predicted molar refractivity (Wildman–Crippen MR) is 143 cm³/mol. The molecule has 3 aromatic heterocycles. The second-order valence-corrected chi connectivity index (χ2v) is 10.5. The Balaban J connectivity index is 1.32. The van der Waals surface area contributed by atoms with Gasteiger partial charge in [-0.2, -0.15) is 18.3 Å². The van der Waals surface area contributed by atoms with Crippen LogP contribution in [0.4, 0.5) is 19.0 Å². The smallest absolute Gasteiger partial charge is 0.418 e. The highest BCUT2D eigenvalue weighted by atomic mass is 35.5. The van der Waals surface area contributed by atoms with Crippen LogP contribution in [0, 0.1) is 6.92 Å². The molecule has 2 amide bonds. The Labute approximate surface area is 245 Å². The van der Waals surface area contributed by atoms with Crippen molar-refractivity contribution in [3.8, 4) is 5.75 Å². The number of nitrogens with zero attached hydrogens (tertiary/aromatic N) is 6. The third-order valence-corrected chi connectivity index (χ3v) is 7.53. The molecule has 11 nitrogen and oxygen atoms in total. The van der Waals surface area contributed by atoms with E-state index in [1.165, 1.54) is 52.5 Å². The number of para-hydroxylation sites is 1. The molecule has 0 aliphatic carbocycles. The van der Waals surface area contributed by atoms with Gasteiger partial charge >= 0.3 is 12.1 Å². The number of hydrogen-bond acceptors (Lipinski definition) is 9. The molecular formula is C26H22ClF3N6O5S. The largest absolute Gasteiger partial charge is 0.435 e. The number of likely N-dealkylation sites (tertiary alicyclic amines) is 1. The number of aromatic nitrogens is 4. The van der Waals surface area contributed by atoms with E-state index in [0.29, 0.717) is 18.7 Å². The lowest BCUT2D eigenvalue weighted by atomic mass is 10.0. The van der Waals surface area contributed by atoms with E-state index in [4.69, 9.17) is 20.9 Å². The number of rotatable bonds is 7. The molecule has 0 atom stereocenters. The van der Waals surface area contributed by atoms with E-state index in [1.54, 1.807) is 17.0 Å². The molecule has 0 radical (unpaired) electrons. The van der Waals surface area contributed by atoms with Crippen molar-refractivity contribution < 1.29 is 36.8 Å². The van der Waals surface area contributed by atoms with Crippen LogP contribution in [0.1, 0.15) is 45.1 Å². The van der Waals surface area contributed by atoms with Gasteiger partial charge in [-0.3, -0.25) is 19.2 Å². The zero-order valence-electron chi connectivity index (χ0n) is 21.9. The maximum atomic E-state index is 14.0. The van der Waals surface area contributed by atoms with Gasteiger partial charge in [0.1, 0.15) is 12.4 Å². The van der Waals surface area contributed by atoms with E-state index < -0.39 is 35.7 Å². The molecule has 1 fully saturated rings. The Kier molecular flexibility index (Phi) is 8.31. The lowest BCUT2D eigenvalue weighted by Crippen LogP contribution is -2.50. The van der Waals surface area contributed by atoms with Crippen LogP contribution < -0.4 is 9.64 Å². The van der Waals surface area contributed by atoms with Crippen LogP contribution in [0.15, 0.2) is 51.9 Å². The number of ether oxygens (including phenoxy) is 1. The number of alkyl halides is 3. The number of esters is 1. The molecule has 0 N–H and O–H groups in total. The molecule has 0 bridgehead atoms. The fourth-order valence-electron chi connectivity index (χ4n) is 4.57. The number of hydrogen-bond donors (Lipinski definition) is 0. The first kappa shape index (κ1) is 29.3. The highest BCUT2D eigenvalue weighted by Gasteiger charge is 2.36. The van der Waals surface area contributed by atoms with Crippen molar-refractivity contribution in [2.24, 2.45) is 0 Å². The Hall–Kier alpha value is -4.24. The van der Waals surface area contributed by atoms with E-state index in [1.807, 2.05) is 0 Å². The van der Waals surface area contributed by atoms with Crippen LogP contribution >= 0.6 is 22.9 Å². The number of carbonyl (C=O) groups is 3. The van der Waals surface area contributed by atoms with Crippen LogP contribution in [0.25, 0.3) is 0 Å². The number of piperidine rings is 1. The molecule has 4 heterocycles. The topological polar surface area (TPSA) is 124 Å². The number of benzene rings is 1. The minimum atomic E-state index is -4.61.